The van der Waals surface area contributed by atoms with Gasteiger partial charge in [0.25, 0.3) is 0 Å². The fourth-order valence-electron chi connectivity index (χ4n) is 1.68. The Labute approximate surface area is 91.5 Å². The first-order valence-electron chi connectivity index (χ1n) is 5.83. The third-order valence-corrected chi connectivity index (χ3v) is 2.80. The molecule has 1 fully saturated rings. The molecule has 1 heterocycles. The van der Waals surface area contributed by atoms with Crippen LogP contribution in [0.15, 0.2) is 0 Å². The minimum Gasteiger partial charge on any atom is -0.368 e. The summed E-state index contributed by atoms with van der Waals surface area (Å²) < 4.78 is 5.28. The minimum absolute atomic E-state index is 0.0490. The largest absolute Gasteiger partial charge is 0.368 e. The van der Waals surface area contributed by atoms with Crippen molar-refractivity contribution in [2.45, 2.75) is 38.7 Å². The zero-order valence-electron chi connectivity index (χ0n) is 9.50. The van der Waals surface area contributed by atoms with Crippen LogP contribution in [0.4, 0.5) is 0 Å². The van der Waals surface area contributed by atoms with Crippen molar-refractivity contribution >= 4 is 5.91 Å². The maximum Gasteiger partial charge on any atom is 0.249 e. The minimum atomic E-state index is -0.197. The second-order valence-corrected chi connectivity index (χ2v) is 4.28. The van der Waals surface area contributed by atoms with Crippen LogP contribution in [0, 0.1) is 5.92 Å². The van der Waals surface area contributed by atoms with Crippen LogP contribution in [0.3, 0.4) is 0 Å². The molecular formula is C11H22N2O2. The summed E-state index contributed by atoms with van der Waals surface area (Å²) in [5, 5.41) is 2.90. The average molecular weight is 214 g/mol. The van der Waals surface area contributed by atoms with Crippen molar-refractivity contribution in [1.29, 1.82) is 0 Å². The zero-order valence-corrected chi connectivity index (χ0v) is 9.50. The Morgan fingerprint density at radius 3 is 3.07 bits per heavy atom. The molecule has 1 saturated heterocycles. The van der Waals surface area contributed by atoms with Gasteiger partial charge in [-0.3, -0.25) is 4.79 Å². The highest BCUT2D eigenvalue weighted by Gasteiger charge is 2.22. The number of carbonyl (C=O) groups is 1. The highest BCUT2D eigenvalue weighted by molar-refractivity contribution is 5.80. The van der Waals surface area contributed by atoms with E-state index in [1.165, 1.54) is 0 Å². The van der Waals surface area contributed by atoms with Crippen molar-refractivity contribution < 1.29 is 9.53 Å². The monoisotopic (exact) mass is 214 g/mol. The van der Waals surface area contributed by atoms with Crippen molar-refractivity contribution in [2.75, 3.05) is 19.7 Å². The van der Waals surface area contributed by atoms with Crippen molar-refractivity contribution in [1.82, 2.24) is 5.32 Å². The predicted octanol–water partition coefficient (Wildman–Crippen LogP) is 0.657. The summed E-state index contributed by atoms with van der Waals surface area (Å²) in [6, 6.07) is 0. The third-order valence-electron chi connectivity index (χ3n) is 2.80. The van der Waals surface area contributed by atoms with Gasteiger partial charge in [0.15, 0.2) is 0 Å². The number of hydrogen-bond donors (Lipinski definition) is 2. The van der Waals surface area contributed by atoms with Gasteiger partial charge in [-0.15, -0.1) is 0 Å². The van der Waals surface area contributed by atoms with Gasteiger partial charge in [0.1, 0.15) is 6.10 Å². The standard InChI is InChI=1S/C11H22N2O2/c1-9(8-12)4-2-6-13-11(14)10-5-3-7-15-10/h9-10H,2-8,12H2,1H3,(H,13,14). The van der Waals surface area contributed by atoms with Gasteiger partial charge in [-0.1, -0.05) is 6.92 Å². The summed E-state index contributed by atoms with van der Waals surface area (Å²) in [7, 11) is 0. The fourth-order valence-corrected chi connectivity index (χ4v) is 1.68. The van der Waals surface area contributed by atoms with E-state index in [2.05, 4.69) is 12.2 Å². The van der Waals surface area contributed by atoms with Gasteiger partial charge in [0.2, 0.25) is 5.91 Å². The van der Waals surface area contributed by atoms with Gasteiger partial charge >= 0.3 is 0 Å². The number of rotatable bonds is 6. The van der Waals surface area contributed by atoms with Crippen LogP contribution >= 0.6 is 0 Å². The second kappa shape index (κ2) is 6.80. The topological polar surface area (TPSA) is 64.3 Å². The summed E-state index contributed by atoms with van der Waals surface area (Å²) in [4.78, 5) is 11.5. The number of ether oxygens (including phenoxy) is 1. The lowest BCUT2D eigenvalue weighted by Gasteiger charge is -2.11. The Balaban J connectivity index is 2.01. The first-order chi connectivity index (χ1) is 7.24. The molecule has 4 heteroatoms. The van der Waals surface area contributed by atoms with Gasteiger partial charge < -0.3 is 15.8 Å². The number of carbonyl (C=O) groups excluding carboxylic acids is 1. The highest BCUT2D eigenvalue weighted by atomic mass is 16.5. The molecule has 4 nitrogen and oxygen atoms in total. The number of amides is 1. The molecule has 1 aliphatic rings. The first kappa shape index (κ1) is 12.5. The van der Waals surface area contributed by atoms with Crippen molar-refractivity contribution in [3.05, 3.63) is 0 Å². The third kappa shape index (κ3) is 4.62. The molecule has 3 N–H and O–H groups in total. The Hall–Kier alpha value is -0.610. The molecule has 0 aliphatic carbocycles. The maximum atomic E-state index is 11.5. The molecule has 1 amide bonds. The summed E-state index contributed by atoms with van der Waals surface area (Å²) in [6.07, 6.45) is 3.74. The molecule has 1 aliphatic heterocycles. The van der Waals surface area contributed by atoms with Crippen LogP contribution < -0.4 is 11.1 Å². The SMILES string of the molecule is CC(CN)CCCNC(=O)C1CCCO1. The first-order valence-corrected chi connectivity index (χ1v) is 5.83. The maximum absolute atomic E-state index is 11.5. The molecule has 0 saturated carbocycles. The Bertz CT molecular complexity index is 191. The van der Waals surface area contributed by atoms with E-state index in [1.54, 1.807) is 0 Å². The summed E-state index contributed by atoms with van der Waals surface area (Å²) >= 11 is 0. The van der Waals surface area contributed by atoms with Crippen molar-refractivity contribution in [3.63, 3.8) is 0 Å². The molecule has 2 atom stereocenters. The fraction of sp³-hybridized carbons (Fsp3) is 0.909. The molecule has 2 unspecified atom stereocenters. The Morgan fingerprint density at radius 2 is 2.47 bits per heavy atom. The summed E-state index contributed by atoms with van der Waals surface area (Å²) in [6.45, 7) is 4.31. The van der Waals surface area contributed by atoms with E-state index >= 15 is 0 Å². The lowest BCUT2D eigenvalue weighted by atomic mass is 10.1. The van der Waals surface area contributed by atoms with Crippen LogP contribution in [0.5, 0.6) is 0 Å². The molecular weight excluding hydrogens is 192 g/mol. The van der Waals surface area contributed by atoms with E-state index in [0.29, 0.717) is 5.92 Å². The van der Waals surface area contributed by atoms with Crippen LogP contribution in [0.2, 0.25) is 0 Å². The van der Waals surface area contributed by atoms with Crippen LogP contribution in [0.25, 0.3) is 0 Å². The molecule has 0 radical (unpaired) electrons. The van der Waals surface area contributed by atoms with Crippen LogP contribution in [-0.4, -0.2) is 31.7 Å². The highest BCUT2D eigenvalue weighted by Crippen LogP contribution is 2.11. The van der Waals surface area contributed by atoms with E-state index in [9.17, 15) is 4.79 Å². The molecule has 0 aromatic heterocycles. The lowest BCUT2D eigenvalue weighted by Crippen LogP contribution is -2.34. The Morgan fingerprint density at radius 1 is 1.67 bits per heavy atom. The van der Waals surface area contributed by atoms with Gasteiger partial charge in [0, 0.05) is 13.2 Å². The predicted molar refractivity (Wildman–Crippen MR) is 59.4 cm³/mol. The van der Waals surface area contributed by atoms with Gasteiger partial charge in [-0.25, -0.2) is 0 Å². The molecule has 1 rings (SSSR count). The van der Waals surface area contributed by atoms with Crippen molar-refractivity contribution in [2.24, 2.45) is 11.7 Å². The lowest BCUT2D eigenvalue weighted by molar-refractivity contribution is -0.130. The number of nitrogens with one attached hydrogen (secondary N) is 1. The molecule has 0 aromatic rings. The van der Waals surface area contributed by atoms with E-state index in [1.807, 2.05) is 0 Å². The van der Waals surface area contributed by atoms with Crippen molar-refractivity contribution in [3.8, 4) is 0 Å². The van der Waals surface area contributed by atoms with E-state index in [0.717, 1.165) is 45.4 Å². The second-order valence-electron chi connectivity index (χ2n) is 4.28. The molecule has 15 heavy (non-hydrogen) atoms. The van der Waals surface area contributed by atoms with Gasteiger partial charge in [-0.05, 0) is 38.1 Å². The summed E-state index contributed by atoms with van der Waals surface area (Å²) in [5.74, 6) is 0.595. The van der Waals surface area contributed by atoms with Crippen LogP contribution in [-0.2, 0) is 9.53 Å². The quantitative estimate of drug-likeness (QED) is 0.638. The number of nitrogens with two attached hydrogens (primary N) is 1. The van der Waals surface area contributed by atoms with E-state index < -0.39 is 0 Å². The number of hydrogen-bond acceptors (Lipinski definition) is 3. The van der Waals surface area contributed by atoms with Crippen LogP contribution in [0.1, 0.15) is 32.6 Å². The molecule has 0 aromatic carbocycles. The molecule has 88 valence electrons. The van der Waals surface area contributed by atoms with Gasteiger partial charge in [0.05, 0.1) is 0 Å². The molecule has 0 bridgehead atoms. The van der Waals surface area contributed by atoms with Gasteiger partial charge in [-0.2, -0.15) is 0 Å². The summed E-state index contributed by atoms with van der Waals surface area (Å²) in [5.41, 5.74) is 5.51. The van der Waals surface area contributed by atoms with E-state index in [4.69, 9.17) is 10.5 Å². The average Bonchev–Trinajstić information content (AvgIpc) is 2.77. The smallest absolute Gasteiger partial charge is 0.249 e. The zero-order chi connectivity index (χ0) is 11.1. The van der Waals surface area contributed by atoms with E-state index in [-0.39, 0.29) is 12.0 Å². The molecule has 0 spiro atoms. The normalized spacial score (nSPS) is 22.7. The Kier molecular flexibility index (Phi) is 5.65.